The fraction of sp³-hybridized carbons (Fsp3) is 0.160. The Morgan fingerprint density at radius 2 is 2.06 bits per heavy atom. The van der Waals surface area contributed by atoms with Crippen LogP contribution in [0.3, 0.4) is 0 Å². The standard InChI is InChI=1S/C25H19BrN2O5S/c1-3-32-16-8-9-17-19(12-16)34-25(27-17)28-21(14-5-4-6-15(26)11-14)20(23(30)24(28)31)22(29)18-10-7-13(2)33-18/h4-12,21,30H,3H2,1-2H3/t21-/m0/s1. The number of ketones is 1. The van der Waals surface area contributed by atoms with E-state index in [9.17, 15) is 14.7 Å². The van der Waals surface area contributed by atoms with Gasteiger partial charge in [0.1, 0.15) is 11.5 Å². The number of carbonyl (C=O) groups is 2. The van der Waals surface area contributed by atoms with E-state index in [-0.39, 0.29) is 11.3 Å². The first-order valence-corrected chi connectivity index (χ1v) is 12.1. The number of aliphatic hydroxyl groups is 1. The van der Waals surface area contributed by atoms with Gasteiger partial charge in [-0.15, -0.1) is 0 Å². The molecule has 0 saturated carbocycles. The molecular weight excluding hydrogens is 520 g/mol. The number of Topliss-reactive ketones (excluding diaryl/α,β-unsaturated/α-hetero) is 1. The summed E-state index contributed by atoms with van der Waals surface area (Å²) in [6.07, 6.45) is 0. The molecule has 172 valence electrons. The van der Waals surface area contributed by atoms with Crippen LogP contribution in [0.25, 0.3) is 10.2 Å². The first-order chi connectivity index (χ1) is 16.4. The number of thiazole rings is 1. The van der Waals surface area contributed by atoms with Gasteiger partial charge in [0, 0.05) is 4.47 Å². The maximum Gasteiger partial charge on any atom is 0.296 e. The molecule has 0 aliphatic carbocycles. The van der Waals surface area contributed by atoms with Crippen LogP contribution in [0.15, 0.2) is 74.8 Å². The molecule has 0 unspecified atom stereocenters. The van der Waals surface area contributed by atoms with Crippen molar-refractivity contribution in [2.75, 3.05) is 11.5 Å². The summed E-state index contributed by atoms with van der Waals surface area (Å²) >= 11 is 4.75. The summed E-state index contributed by atoms with van der Waals surface area (Å²) in [6, 6.07) is 15.1. The quantitative estimate of drug-likeness (QED) is 0.296. The Bertz CT molecular complexity index is 1470. The molecule has 1 atom stereocenters. The summed E-state index contributed by atoms with van der Waals surface area (Å²) in [5.41, 5.74) is 1.28. The van der Waals surface area contributed by atoms with Crippen molar-refractivity contribution in [3.8, 4) is 5.75 Å². The van der Waals surface area contributed by atoms with E-state index in [4.69, 9.17) is 9.15 Å². The first-order valence-electron chi connectivity index (χ1n) is 10.5. The number of hydrogen-bond donors (Lipinski definition) is 1. The molecule has 3 heterocycles. The van der Waals surface area contributed by atoms with Gasteiger partial charge in [0.25, 0.3) is 5.91 Å². The van der Waals surface area contributed by atoms with Gasteiger partial charge in [0.05, 0.1) is 28.4 Å². The van der Waals surface area contributed by atoms with Crippen molar-refractivity contribution in [1.29, 1.82) is 0 Å². The molecule has 0 bridgehead atoms. The molecule has 2 aromatic carbocycles. The molecule has 1 N–H and O–H groups in total. The first kappa shape index (κ1) is 22.4. The second-order valence-corrected chi connectivity index (χ2v) is 9.62. The Morgan fingerprint density at radius 3 is 2.76 bits per heavy atom. The third-order valence-electron chi connectivity index (χ3n) is 5.45. The van der Waals surface area contributed by atoms with Gasteiger partial charge in [-0.3, -0.25) is 14.5 Å². The summed E-state index contributed by atoms with van der Waals surface area (Å²) in [5, 5.41) is 11.3. The molecule has 1 aliphatic rings. The zero-order valence-corrected chi connectivity index (χ0v) is 20.6. The van der Waals surface area contributed by atoms with E-state index < -0.39 is 23.5 Å². The zero-order valence-electron chi connectivity index (χ0n) is 18.2. The average Bonchev–Trinajstić information content (AvgIpc) is 3.50. The number of hydrogen-bond acceptors (Lipinski definition) is 7. The van der Waals surface area contributed by atoms with Crippen LogP contribution >= 0.6 is 27.3 Å². The minimum absolute atomic E-state index is 0.0493. The smallest absolute Gasteiger partial charge is 0.296 e. The molecule has 9 heteroatoms. The highest BCUT2D eigenvalue weighted by molar-refractivity contribution is 9.10. The van der Waals surface area contributed by atoms with Crippen molar-refractivity contribution >= 4 is 54.3 Å². The number of furan rings is 1. The molecule has 4 aromatic rings. The van der Waals surface area contributed by atoms with Crippen LogP contribution in [0.4, 0.5) is 5.13 Å². The summed E-state index contributed by atoms with van der Waals surface area (Å²) in [5.74, 6) is -0.545. The van der Waals surface area contributed by atoms with Gasteiger partial charge in [-0.25, -0.2) is 4.98 Å². The lowest BCUT2D eigenvalue weighted by molar-refractivity contribution is -0.117. The molecule has 0 saturated heterocycles. The molecule has 2 aromatic heterocycles. The van der Waals surface area contributed by atoms with Gasteiger partial charge in [0.15, 0.2) is 16.7 Å². The largest absolute Gasteiger partial charge is 0.503 e. The number of fused-ring (bicyclic) bond motifs is 1. The molecule has 5 rings (SSSR count). The van der Waals surface area contributed by atoms with Crippen molar-refractivity contribution < 1.29 is 23.8 Å². The van der Waals surface area contributed by atoms with Crippen LogP contribution in [-0.2, 0) is 4.79 Å². The molecule has 0 fully saturated rings. The number of ether oxygens (including phenoxy) is 1. The topological polar surface area (TPSA) is 92.9 Å². The number of amides is 1. The van der Waals surface area contributed by atoms with Crippen LogP contribution in [0, 0.1) is 6.92 Å². The van der Waals surface area contributed by atoms with Gasteiger partial charge < -0.3 is 14.3 Å². The van der Waals surface area contributed by atoms with Crippen molar-refractivity contribution in [2.24, 2.45) is 0 Å². The molecule has 0 radical (unpaired) electrons. The maximum absolute atomic E-state index is 13.4. The second kappa shape index (κ2) is 8.73. The Kier molecular flexibility index (Phi) is 5.75. The maximum atomic E-state index is 13.4. The summed E-state index contributed by atoms with van der Waals surface area (Å²) in [7, 11) is 0. The number of carbonyl (C=O) groups excluding carboxylic acids is 2. The lowest BCUT2D eigenvalue weighted by Gasteiger charge is -2.24. The van der Waals surface area contributed by atoms with Crippen LogP contribution < -0.4 is 9.64 Å². The highest BCUT2D eigenvalue weighted by atomic mass is 79.9. The predicted octanol–water partition coefficient (Wildman–Crippen LogP) is 6.14. The Morgan fingerprint density at radius 1 is 1.24 bits per heavy atom. The zero-order chi connectivity index (χ0) is 24.0. The van der Waals surface area contributed by atoms with E-state index in [1.54, 1.807) is 19.1 Å². The molecular formula is C25H19BrN2O5S. The third kappa shape index (κ3) is 3.80. The summed E-state index contributed by atoms with van der Waals surface area (Å²) in [4.78, 5) is 32.8. The number of halogens is 1. The fourth-order valence-corrected chi connectivity index (χ4v) is 5.41. The number of benzene rings is 2. The Balaban J connectivity index is 1.65. The molecule has 1 aliphatic heterocycles. The number of aliphatic hydroxyl groups excluding tert-OH is 1. The van der Waals surface area contributed by atoms with Gasteiger partial charge >= 0.3 is 0 Å². The van der Waals surface area contributed by atoms with Crippen molar-refractivity contribution in [2.45, 2.75) is 19.9 Å². The number of aryl methyl sites for hydroxylation is 1. The van der Waals surface area contributed by atoms with Gasteiger partial charge in [-0.1, -0.05) is 39.4 Å². The van der Waals surface area contributed by atoms with Gasteiger partial charge in [-0.2, -0.15) is 0 Å². The Hall–Kier alpha value is -3.43. The van der Waals surface area contributed by atoms with E-state index in [0.717, 1.165) is 9.17 Å². The third-order valence-corrected chi connectivity index (χ3v) is 6.96. The van der Waals surface area contributed by atoms with E-state index in [0.29, 0.717) is 34.3 Å². The molecule has 1 amide bonds. The van der Waals surface area contributed by atoms with E-state index in [2.05, 4.69) is 20.9 Å². The van der Waals surface area contributed by atoms with Crippen LogP contribution in [0.2, 0.25) is 0 Å². The number of nitrogens with zero attached hydrogens (tertiary/aromatic N) is 2. The average molecular weight is 539 g/mol. The SMILES string of the molecule is CCOc1ccc2nc(N3C(=O)C(O)=C(C(=O)c4ccc(C)o4)[C@@H]3c3cccc(Br)c3)sc2c1. The lowest BCUT2D eigenvalue weighted by atomic mass is 9.95. The van der Waals surface area contributed by atoms with Gasteiger partial charge in [-0.05, 0) is 61.9 Å². The Labute approximate surface area is 207 Å². The van der Waals surface area contributed by atoms with Crippen molar-refractivity contribution in [3.05, 3.63) is 87.5 Å². The van der Waals surface area contributed by atoms with Crippen LogP contribution in [-0.4, -0.2) is 28.4 Å². The van der Waals surface area contributed by atoms with Crippen molar-refractivity contribution in [3.63, 3.8) is 0 Å². The van der Waals surface area contributed by atoms with Crippen LogP contribution in [0.1, 0.15) is 34.8 Å². The highest BCUT2D eigenvalue weighted by Crippen LogP contribution is 2.45. The summed E-state index contributed by atoms with van der Waals surface area (Å²) in [6.45, 7) is 4.16. The highest BCUT2D eigenvalue weighted by Gasteiger charge is 2.46. The van der Waals surface area contributed by atoms with Crippen molar-refractivity contribution in [1.82, 2.24) is 4.98 Å². The molecule has 34 heavy (non-hydrogen) atoms. The number of rotatable bonds is 6. The molecule has 7 nitrogen and oxygen atoms in total. The van der Waals surface area contributed by atoms with E-state index >= 15 is 0 Å². The number of aromatic nitrogens is 1. The van der Waals surface area contributed by atoms with E-state index in [1.807, 2.05) is 43.3 Å². The normalized spacial score (nSPS) is 16.0. The minimum Gasteiger partial charge on any atom is -0.503 e. The number of anilines is 1. The van der Waals surface area contributed by atoms with Gasteiger partial charge in [0.2, 0.25) is 5.78 Å². The molecule has 0 spiro atoms. The predicted molar refractivity (Wildman–Crippen MR) is 133 cm³/mol. The lowest BCUT2D eigenvalue weighted by Crippen LogP contribution is -2.30. The van der Waals surface area contributed by atoms with Crippen LogP contribution in [0.5, 0.6) is 5.75 Å². The van der Waals surface area contributed by atoms with E-state index in [1.165, 1.54) is 22.3 Å². The summed E-state index contributed by atoms with van der Waals surface area (Å²) < 4.78 is 12.7. The monoisotopic (exact) mass is 538 g/mol. The minimum atomic E-state index is -0.880. The fourth-order valence-electron chi connectivity index (χ4n) is 3.97. The second-order valence-electron chi connectivity index (χ2n) is 7.69.